The summed E-state index contributed by atoms with van der Waals surface area (Å²) in [6, 6.07) is 3.23. The summed E-state index contributed by atoms with van der Waals surface area (Å²) in [5, 5.41) is 3.99. The van der Waals surface area contributed by atoms with Gasteiger partial charge in [-0.25, -0.2) is 0 Å². The Hall–Kier alpha value is -0.480. The maximum Gasteiger partial charge on any atom is 0.246 e. The minimum atomic E-state index is -0.278. The lowest BCUT2D eigenvalue weighted by Gasteiger charge is -2.24. The summed E-state index contributed by atoms with van der Waals surface area (Å²) < 4.78 is 5.35. The molecule has 1 fully saturated rings. The SMILES string of the molecule is O=C1CO[C@H](c2cc(Cl)c(Cl)cc2Cl)CN1. The number of hydrogen-bond acceptors (Lipinski definition) is 2. The number of carbonyl (C=O) groups is 1. The predicted octanol–water partition coefficient (Wildman–Crippen LogP) is 2.83. The molecule has 0 bridgehead atoms. The van der Waals surface area contributed by atoms with Crippen LogP contribution < -0.4 is 5.32 Å². The molecule has 86 valence electrons. The predicted molar refractivity (Wildman–Crippen MR) is 63.2 cm³/mol. The first-order valence-electron chi connectivity index (χ1n) is 4.60. The van der Waals surface area contributed by atoms with Crippen LogP contribution in [0.1, 0.15) is 11.7 Å². The highest BCUT2D eigenvalue weighted by molar-refractivity contribution is 6.43. The summed E-state index contributed by atoms with van der Waals surface area (Å²) in [5.41, 5.74) is 0.732. The van der Waals surface area contributed by atoms with Crippen LogP contribution in [-0.4, -0.2) is 19.1 Å². The van der Waals surface area contributed by atoms with Gasteiger partial charge in [-0.05, 0) is 12.1 Å². The fraction of sp³-hybridized carbons (Fsp3) is 0.300. The van der Waals surface area contributed by atoms with Crippen molar-refractivity contribution in [2.45, 2.75) is 6.10 Å². The van der Waals surface area contributed by atoms with Gasteiger partial charge in [0, 0.05) is 17.1 Å². The third-order valence-corrected chi connectivity index (χ3v) is 3.34. The molecule has 1 amide bonds. The quantitative estimate of drug-likeness (QED) is 0.803. The summed E-state index contributed by atoms with van der Waals surface area (Å²) in [4.78, 5) is 10.9. The van der Waals surface area contributed by atoms with Gasteiger partial charge in [0.05, 0.1) is 10.0 Å². The number of hydrogen-bond donors (Lipinski definition) is 1. The molecule has 0 unspecified atom stereocenters. The molecule has 0 spiro atoms. The summed E-state index contributed by atoms with van der Waals surface area (Å²) in [5.74, 6) is -0.132. The minimum Gasteiger partial charge on any atom is -0.362 e. The zero-order valence-electron chi connectivity index (χ0n) is 8.10. The van der Waals surface area contributed by atoms with Crippen molar-refractivity contribution < 1.29 is 9.53 Å². The Morgan fingerprint density at radius 1 is 1.19 bits per heavy atom. The number of halogens is 3. The van der Waals surface area contributed by atoms with Gasteiger partial charge in [-0.2, -0.15) is 0 Å². The molecule has 0 saturated carbocycles. The number of ether oxygens (including phenoxy) is 1. The Labute approximate surface area is 108 Å². The second-order valence-corrected chi connectivity index (χ2v) is 4.61. The maximum atomic E-state index is 10.9. The zero-order chi connectivity index (χ0) is 11.7. The standard InChI is InChI=1S/C10H8Cl3NO2/c11-6-2-8(13)7(12)1-5(6)9-3-14-10(15)4-16-9/h1-2,9H,3-4H2,(H,14,15)/t9-/m0/s1. The molecule has 1 N–H and O–H groups in total. The molecular weight excluding hydrogens is 272 g/mol. The molecule has 1 aromatic rings. The molecule has 0 aliphatic carbocycles. The molecule has 1 aromatic carbocycles. The van der Waals surface area contributed by atoms with E-state index in [-0.39, 0.29) is 18.6 Å². The number of amides is 1. The molecule has 1 saturated heterocycles. The van der Waals surface area contributed by atoms with Crippen LogP contribution in [-0.2, 0) is 9.53 Å². The number of benzene rings is 1. The van der Waals surface area contributed by atoms with Gasteiger partial charge in [-0.1, -0.05) is 34.8 Å². The lowest BCUT2D eigenvalue weighted by atomic mass is 10.1. The first-order chi connectivity index (χ1) is 7.58. The fourth-order valence-electron chi connectivity index (χ4n) is 1.48. The van der Waals surface area contributed by atoms with Crippen LogP contribution in [0.3, 0.4) is 0 Å². The number of nitrogens with one attached hydrogen (secondary N) is 1. The van der Waals surface area contributed by atoms with Crippen molar-refractivity contribution in [1.29, 1.82) is 0 Å². The molecule has 1 aliphatic rings. The average Bonchev–Trinajstić information content (AvgIpc) is 2.25. The van der Waals surface area contributed by atoms with E-state index in [2.05, 4.69) is 5.32 Å². The molecule has 1 heterocycles. The van der Waals surface area contributed by atoms with Crippen molar-refractivity contribution >= 4 is 40.7 Å². The molecule has 1 aliphatic heterocycles. The van der Waals surface area contributed by atoms with Gasteiger partial charge < -0.3 is 10.1 Å². The Bertz CT molecular complexity index is 426. The summed E-state index contributed by atoms with van der Waals surface area (Å²) >= 11 is 17.8. The van der Waals surface area contributed by atoms with E-state index in [0.717, 1.165) is 5.56 Å². The van der Waals surface area contributed by atoms with Crippen molar-refractivity contribution in [2.24, 2.45) is 0 Å². The van der Waals surface area contributed by atoms with E-state index in [0.29, 0.717) is 21.6 Å². The highest BCUT2D eigenvalue weighted by Crippen LogP contribution is 2.33. The van der Waals surface area contributed by atoms with Crippen molar-refractivity contribution in [2.75, 3.05) is 13.2 Å². The summed E-state index contributed by atoms with van der Waals surface area (Å²) in [6.07, 6.45) is -0.278. The normalized spacial score (nSPS) is 20.7. The summed E-state index contributed by atoms with van der Waals surface area (Å²) in [6.45, 7) is 0.414. The van der Waals surface area contributed by atoms with Crippen LogP contribution in [0, 0.1) is 0 Å². The molecule has 0 radical (unpaired) electrons. The number of morpholine rings is 1. The average molecular weight is 281 g/mol. The van der Waals surface area contributed by atoms with E-state index < -0.39 is 0 Å². The van der Waals surface area contributed by atoms with Crippen molar-refractivity contribution in [3.8, 4) is 0 Å². The third kappa shape index (κ3) is 2.43. The molecule has 6 heteroatoms. The van der Waals surface area contributed by atoms with E-state index in [1.165, 1.54) is 0 Å². The van der Waals surface area contributed by atoms with Crippen molar-refractivity contribution in [3.63, 3.8) is 0 Å². The van der Waals surface area contributed by atoms with Gasteiger partial charge >= 0.3 is 0 Å². The van der Waals surface area contributed by atoms with Gasteiger partial charge in [0.1, 0.15) is 12.7 Å². The first-order valence-corrected chi connectivity index (χ1v) is 5.74. The smallest absolute Gasteiger partial charge is 0.246 e. The second kappa shape index (κ2) is 4.80. The van der Waals surface area contributed by atoms with Gasteiger partial charge in [0.2, 0.25) is 5.91 Å². The molecule has 16 heavy (non-hydrogen) atoms. The Morgan fingerprint density at radius 2 is 1.88 bits per heavy atom. The molecular formula is C10H8Cl3NO2. The van der Waals surface area contributed by atoms with Gasteiger partial charge in [-0.15, -0.1) is 0 Å². The monoisotopic (exact) mass is 279 g/mol. The van der Waals surface area contributed by atoms with Crippen LogP contribution in [0.2, 0.25) is 15.1 Å². The van der Waals surface area contributed by atoms with Crippen molar-refractivity contribution in [1.82, 2.24) is 5.32 Å². The van der Waals surface area contributed by atoms with Gasteiger partial charge in [0.15, 0.2) is 0 Å². The zero-order valence-corrected chi connectivity index (χ0v) is 10.4. The topological polar surface area (TPSA) is 38.3 Å². The second-order valence-electron chi connectivity index (χ2n) is 3.39. The van der Waals surface area contributed by atoms with E-state index in [1.54, 1.807) is 12.1 Å². The molecule has 0 aromatic heterocycles. The highest BCUT2D eigenvalue weighted by atomic mass is 35.5. The summed E-state index contributed by atoms with van der Waals surface area (Å²) in [7, 11) is 0. The Kier molecular flexibility index (Phi) is 3.60. The van der Waals surface area contributed by atoms with Crippen LogP contribution in [0.25, 0.3) is 0 Å². The van der Waals surface area contributed by atoms with Gasteiger partial charge in [-0.3, -0.25) is 4.79 Å². The first kappa shape index (κ1) is 12.0. The van der Waals surface area contributed by atoms with Crippen LogP contribution in [0.4, 0.5) is 0 Å². The minimum absolute atomic E-state index is 0.0290. The third-order valence-electron chi connectivity index (χ3n) is 2.29. The lowest BCUT2D eigenvalue weighted by molar-refractivity contribution is -0.133. The van der Waals surface area contributed by atoms with E-state index >= 15 is 0 Å². The van der Waals surface area contributed by atoms with Gasteiger partial charge in [0.25, 0.3) is 0 Å². The maximum absolute atomic E-state index is 10.9. The van der Waals surface area contributed by atoms with Crippen LogP contribution in [0.15, 0.2) is 12.1 Å². The molecule has 3 nitrogen and oxygen atoms in total. The van der Waals surface area contributed by atoms with E-state index in [1.807, 2.05) is 0 Å². The van der Waals surface area contributed by atoms with Crippen molar-refractivity contribution in [3.05, 3.63) is 32.8 Å². The molecule has 2 rings (SSSR count). The largest absolute Gasteiger partial charge is 0.362 e. The Morgan fingerprint density at radius 3 is 2.50 bits per heavy atom. The lowest BCUT2D eigenvalue weighted by Crippen LogP contribution is -2.38. The molecule has 1 atom stereocenters. The van der Waals surface area contributed by atoms with Crippen LogP contribution >= 0.6 is 34.8 Å². The number of rotatable bonds is 1. The van der Waals surface area contributed by atoms with E-state index in [4.69, 9.17) is 39.5 Å². The van der Waals surface area contributed by atoms with Crippen LogP contribution in [0.5, 0.6) is 0 Å². The number of carbonyl (C=O) groups excluding carboxylic acids is 1. The Balaban J connectivity index is 2.26. The fourth-order valence-corrected chi connectivity index (χ4v) is 2.15. The van der Waals surface area contributed by atoms with E-state index in [9.17, 15) is 4.79 Å². The highest BCUT2D eigenvalue weighted by Gasteiger charge is 2.23.